The highest BCUT2D eigenvalue weighted by molar-refractivity contribution is 5.85. The van der Waals surface area contributed by atoms with Crippen LogP contribution < -0.4 is 11.1 Å². The van der Waals surface area contributed by atoms with Gasteiger partial charge in [-0.05, 0) is 24.3 Å². The molecule has 3 nitrogen and oxygen atoms in total. The molecule has 1 aromatic rings. The van der Waals surface area contributed by atoms with E-state index in [0.29, 0.717) is 6.54 Å². The first-order valence-electron chi connectivity index (χ1n) is 6.39. The molecule has 108 valence electrons. The molecular formula is C15H25ClN2O. The minimum absolute atomic E-state index is 0. The van der Waals surface area contributed by atoms with Crippen LogP contribution >= 0.6 is 12.4 Å². The fourth-order valence-electron chi connectivity index (χ4n) is 1.59. The van der Waals surface area contributed by atoms with E-state index in [9.17, 15) is 4.79 Å². The summed E-state index contributed by atoms with van der Waals surface area (Å²) in [6, 6.07) is 7.88. The van der Waals surface area contributed by atoms with Gasteiger partial charge in [-0.1, -0.05) is 50.6 Å². The summed E-state index contributed by atoms with van der Waals surface area (Å²) >= 11 is 0. The summed E-state index contributed by atoms with van der Waals surface area (Å²) in [6.45, 7) is 8.60. The smallest absolute Gasteiger partial charge is 0.237 e. The lowest BCUT2D eigenvalue weighted by molar-refractivity contribution is -0.124. The Bertz CT molecular complexity index is 396. The van der Waals surface area contributed by atoms with Gasteiger partial charge < -0.3 is 11.1 Å². The molecule has 0 saturated carbocycles. The van der Waals surface area contributed by atoms with Gasteiger partial charge in [0.25, 0.3) is 0 Å². The Kier molecular flexibility index (Phi) is 7.09. The highest BCUT2D eigenvalue weighted by atomic mass is 35.5. The molecule has 0 spiro atoms. The number of rotatable bonds is 4. The minimum atomic E-state index is -0.462. The average molecular weight is 285 g/mol. The topological polar surface area (TPSA) is 55.1 Å². The van der Waals surface area contributed by atoms with Crippen LogP contribution in [-0.2, 0) is 11.2 Å². The van der Waals surface area contributed by atoms with Crippen molar-refractivity contribution in [2.24, 2.45) is 11.1 Å². The highest BCUT2D eigenvalue weighted by Gasteiger charge is 2.26. The summed E-state index contributed by atoms with van der Waals surface area (Å²) < 4.78 is 0. The number of amides is 1. The van der Waals surface area contributed by atoms with Gasteiger partial charge in [-0.3, -0.25) is 4.79 Å². The number of hydrogen-bond acceptors (Lipinski definition) is 2. The van der Waals surface area contributed by atoms with Crippen molar-refractivity contribution < 1.29 is 4.79 Å². The van der Waals surface area contributed by atoms with Crippen LogP contribution in [0.15, 0.2) is 24.3 Å². The first-order chi connectivity index (χ1) is 8.30. The van der Waals surface area contributed by atoms with Crippen molar-refractivity contribution in [3.63, 3.8) is 0 Å². The van der Waals surface area contributed by atoms with Crippen molar-refractivity contribution in [3.8, 4) is 0 Å². The molecule has 0 aliphatic heterocycles. The number of carbonyl (C=O) groups excluding carboxylic acids is 1. The van der Waals surface area contributed by atoms with Gasteiger partial charge in [0.2, 0.25) is 5.91 Å². The lowest BCUT2D eigenvalue weighted by Crippen LogP contribution is -2.48. The molecule has 0 radical (unpaired) electrons. The van der Waals surface area contributed by atoms with E-state index in [1.807, 2.05) is 20.8 Å². The zero-order valence-corrected chi connectivity index (χ0v) is 13.0. The summed E-state index contributed by atoms with van der Waals surface area (Å²) in [5.41, 5.74) is 8.16. The molecule has 1 rings (SSSR count). The second-order valence-corrected chi connectivity index (χ2v) is 5.87. The van der Waals surface area contributed by atoms with E-state index in [4.69, 9.17) is 5.73 Å². The SMILES string of the molecule is Cc1ccc(CCNC(=O)[C@@H](N)C(C)(C)C)cc1.Cl. The van der Waals surface area contributed by atoms with Crippen molar-refractivity contribution in [1.29, 1.82) is 0 Å². The zero-order valence-electron chi connectivity index (χ0n) is 12.2. The van der Waals surface area contributed by atoms with Crippen molar-refractivity contribution in [3.05, 3.63) is 35.4 Å². The Morgan fingerprint density at radius 3 is 2.26 bits per heavy atom. The number of hydrogen-bond donors (Lipinski definition) is 2. The van der Waals surface area contributed by atoms with Crippen molar-refractivity contribution in [2.75, 3.05) is 6.54 Å². The van der Waals surface area contributed by atoms with E-state index in [1.165, 1.54) is 11.1 Å². The predicted molar refractivity (Wildman–Crippen MR) is 82.6 cm³/mol. The van der Waals surface area contributed by atoms with Crippen LogP contribution in [0.3, 0.4) is 0 Å². The fraction of sp³-hybridized carbons (Fsp3) is 0.533. The molecular weight excluding hydrogens is 260 g/mol. The standard InChI is InChI=1S/C15H24N2O.ClH/c1-11-5-7-12(8-6-11)9-10-17-14(18)13(16)15(2,3)4;/h5-8,13H,9-10,16H2,1-4H3,(H,17,18);1H/t13-;/m1./s1. The number of nitrogens with one attached hydrogen (secondary N) is 1. The number of nitrogens with two attached hydrogens (primary N) is 1. The fourth-order valence-corrected chi connectivity index (χ4v) is 1.59. The molecule has 0 bridgehead atoms. The summed E-state index contributed by atoms with van der Waals surface area (Å²) in [5.74, 6) is -0.0744. The summed E-state index contributed by atoms with van der Waals surface area (Å²) in [4.78, 5) is 11.8. The number of aryl methyl sites for hydroxylation is 1. The normalized spacial score (nSPS) is 12.5. The van der Waals surface area contributed by atoms with E-state index >= 15 is 0 Å². The molecule has 0 heterocycles. The molecule has 1 atom stereocenters. The van der Waals surface area contributed by atoms with E-state index in [-0.39, 0.29) is 23.7 Å². The largest absolute Gasteiger partial charge is 0.354 e. The maximum absolute atomic E-state index is 11.8. The molecule has 0 saturated heterocycles. The van der Waals surface area contributed by atoms with Gasteiger partial charge in [0, 0.05) is 6.54 Å². The van der Waals surface area contributed by atoms with E-state index in [0.717, 1.165) is 6.42 Å². The van der Waals surface area contributed by atoms with Crippen LogP contribution in [0, 0.1) is 12.3 Å². The van der Waals surface area contributed by atoms with Crippen LogP contribution in [0.25, 0.3) is 0 Å². The molecule has 3 N–H and O–H groups in total. The first kappa shape index (κ1) is 17.9. The summed E-state index contributed by atoms with van der Waals surface area (Å²) in [5, 5.41) is 2.89. The van der Waals surface area contributed by atoms with E-state index in [1.54, 1.807) is 0 Å². The monoisotopic (exact) mass is 284 g/mol. The molecule has 0 fully saturated rings. The van der Waals surface area contributed by atoms with Crippen LogP contribution in [-0.4, -0.2) is 18.5 Å². The van der Waals surface area contributed by atoms with Crippen LogP contribution in [0.5, 0.6) is 0 Å². The van der Waals surface area contributed by atoms with E-state index < -0.39 is 6.04 Å². The quantitative estimate of drug-likeness (QED) is 0.892. The highest BCUT2D eigenvalue weighted by Crippen LogP contribution is 2.17. The third kappa shape index (κ3) is 6.08. The summed E-state index contributed by atoms with van der Waals surface area (Å²) in [7, 11) is 0. The maximum Gasteiger partial charge on any atom is 0.237 e. The second-order valence-electron chi connectivity index (χ2n) is 5.87. The molecule has 1 aromatic carbocycles. The predicted octanol–water partition coefficient (Wildman–Crippen LogP) is 2.45. The van der Waals surface area contributed by atoms with Gasteiger partial charge >= 0.3 is 0 Å². The van der Waals surface area contributed by atoms with Crippen LogP contribution in [0.4, 0.5) is 0 Å². The van der Waals surface area contributed by atoms with E-state index in [2.05, 4.69) is 36.5 Å². The third-order valence-electron chi connectivity index (χ3n) is 3.05. The zero-order chi connectivity index (χ0) is 13.8. The molecule has 4 heteroatoms. The van der Waals surface area contributed by atoms with Gasteiger partial charge in [-0.25, -0.2) is 0 Å². The number of benzene rings is 1. The molecule has 0 aliphatic rings. The molecule has 0 aliphatic carbocycles. The lowest BCUT2D eigenvalue weighted by atomic mass is 9.87. The van der Waals surface area contributed by atoms with Gasteiger partial charge in [0.15, 0.2) is 0 Å². The first-order valence-corrected chi connectivity index (χ1v) is 6.39. The van der Waals surface area contributed by atoms with Gasteiger partial charge in [-0.15, -0.1) is 12.4 Å². The average Bonchev–Trinajstić information content (AvgIpc) is 2.29. The van der Waals surface area contributed by atoms with Crippen LogP contribution in [0.2, 0.25) is 0 Å². The molecule has 1 amide bonds. The Hall–Kier alpha value is -1.06. The third-order valence-corrected chi connectivity index (χ3v) is 3.05. The van der Waals surface area contributed by atoms with Crippen LogP contribution in [0.1, 0.15) is 31.9 Å². The minimum Gasteiger partial charge on any atom is -0.354 e. The Labute approximate surface area is 122 Å². The maximum atomic E-state index is 11.8. The van der Waals surface area contributed by atoms with Gasteiger partial charge in [-0.2, -0.15) is 0 Å². The van der Waals surface area contributed by atoms with Crippen molar-refractivity contribution in [1.82, 2.24) is 5.32 Å². The van der Waals surface area contributed by atoms with Crippen molar-refractivity contribution in [2.45, 2.75) is 40.2 Å². The lowest BCUT2D eigenvalue weighted by Gasteiger charge is -2.25. The Balaban J connectivity index is 0.00000324. The van der Waals surface area contributed by atoms with Gasteiger partial charge in [0.05, 0.1) is 6.04 Å². The van der Waals surface area contributed by atoms with Gasteiger partial charge in [0.1, 0.15) is 0 Å². The molecule has 19 heavy (non-hydrogen) atoms. The second kappa shape index (κ2) is 7.51. The Morgan fingerprint density at radius 1 is 1.26 bits per heavy atom. The van der Waals surface area contributed by atoms with Crippen molar-refractivity contribution >= 4 is 18.3 Å². The molecule has 0 aromatic heterocycles. The molecule has 0 unspecified atom stereocenters. The Morgan fingerprint density at radius 2 is 1.79 bits per heavy atom. The number of carbonyl (C=O) groups is 1. The number of halogens is 1. The summed E-state index contributed by atoms with van der Waals surface area (Å²) in [6.07, 6.45) is 0.836.